The first-order valence-electron chi connectivity index (χ1n) is 5.19. The van der Waals surface area contributed by atoms with E-state index in [1.165, 1.54) is 11.1 Å². The first kappa shape index (κ1) is 12.3. The van der Waals surface area contributed by atoms with Crippen LogP contribution in [0.25, 0.3) is 0 Å². The number of ether oxygens (including phenoxy) is 1. The van der Waals surface area contributed by atoms with E-state index in [0.717, 1.165) is 18.8 Å². The highest BCUT2D eigenvalue weighted by Gasteiger charge is 2.16. The number of halogens is 1. The van der Waals surface area contributed by atoms with Gasteiger partial charge in [0.2, 0.25) is 0 Å². The van der Waals surface area contributed by atoms with Gasteiger partial charge in [-0.15, -0.1) is 12.4 Å². The Balaban J connectivity index is 0.00000112. The molecule has 0 bridgehead atoms. The summed E-state index contributed by atoms with van der Waals surface area (Å²) in [5.41, 5.74) is 8.62. The molecule has 1 aliphatic rings. The van der Waals surface area contributed by atoms with Gasteiger partial charge in [0.25, 0.3) is 0 Å². The van der Waals surface area contributed by atoms with Crippen LogP contribution in [0.3, 0.4) is 0 Å². The number of hydrogen-bond acceptors (Lipinski definition) is 2. The molecule has 2 rings (SSSR count). The lowest BCUT2D eigenvalue weighted by atomic mass is 9.95. The number of hydrogen-bond donors (Lipinski definition) is 1. The van der Waals surface area contributed by atoms with Gasteiger partial charge in [-0.3, -0.25) is 0 Å². The van der Waals surface area contributed by atoms with Gasteiger partial charge >= 0.3 is 0 Å². The molecule has 0 aliphatic carbocycles. The Labute approximate surface area is 97.2 Å². The van der Waals surface area contributed by atoms with Crippen LogP contribution in [-0.2, 0) is 6.42 Å². The normalized spacial score (nSPS) is 15.5. The summed E-state index contributed by atoms with van der Waals surface area (Å²) >= 11 is 0. The van der Waals surface area contributed by atoms with Gasteiger partial charge < -0.3 is 10.5 Å². The van der Waals surface area contributed by atoms with E-state index in [4.69, 9.17) is 10.5 Å². The predicted octanol–water partition coefficient (Wildman–Crippen LogP) is 2.70. The van der Waals surface area contributed by atoms with E-state index < -0.39 is 0 Å². The van der Waals surface area contributed by atoms with Gasteiger partial charge in [-0.1, -0.05) is 26.0 Å². The number of benzene rings is 1. The molecule has 1 heterocycles. The summed E-state index contributed by atoms with van der Waals surface area (Å²) in [5, 5.41) is 0. The summed E-state index contributed by atoms with van der Waals surface area (Å²) in [6.07, 6.45) is 1.02. The van der Waals surface area contributed by atoms with Crippen LogP contribution in [0.4, 0.5) is 0 Å². The standard InChI is InChI=1S/C12H17NO.ClH/c1-8(2)12(13)10-3-4-11-9(7-10)5-6-14-11;/h3-4,7-8,12H,5-6,13H2,1-2H3;1H. The smallest absolute Gasteiger partial charge is 0.122 e. The lowest BCUT2D eigenvalue weighted by molar-refractivity contribution is 0.356. The summed E-state index contributed by atoms with van der Waals surface area (Å²) in [4.78, 5) is 0. The van der Waals surface area contributed by atoms with Crippen LogP contribution in [0.2, 0.25) is 0 Å². The molecule has 0 fully saturated rings. The molecule has 2 nitrogen and oxygen atoms in total. The van der Waals surface area contributed by atoms with Crippen molar-refractivity contribution in [2.24, 2.45) is 11.7 Å². The number of fused-ring (bicyclic) bond motifs is 1. The summed E-state index contributed by atoms with van der Waals surface area (Å²) in [6, 6.07) is 6.45. The minimum atomic E-state index is 0. The van der Waals surface area contributed by atoms with Crippen molar-refractivity contribution < 1.29 is 4.74 Å². The molecule has 3 heteroatoms. The predicted molar refractivity (Wildman–Crippen MR) is 64.7 cm³/mol. The molecule has 1 atom stereocenters. The van der Waals surface area contributed by atoms with E-state index in [0.29, 0.717) is 5.92 Å². The van der Waals surface area contributed by atoms with Crippen molar-refractivity contribution in [3.8, 4) is 5.75 Å². The molecule has 1 unspecified atom stereocenters. The second kappa shape index (κ2) is 4.86. The lowest BCUT2D eigenvalue weighted by Gasteiger charge is -2.16. The number of rotatable bonds is 2. The maximum atomic E-state index is 6.09. The number of nitrogens with two attached hydrogens (primary N) is 1. The van der Waals surface area contributed by atoms with Crippen LogP contribution in [0.15, 0.2) is 18.2 Å². The molecule has 1 aromatic rings. The van der Waals surface area contributed by atoms with Gasteiger partial charge in [-0.2, -0.15) is 0 Å². The SMILES string of the molecule is CC(C)C(N)c1ccc2c(c1)CCO2.Cl. The Morgan fingerprint density at radius 2 is 2.07 bits per heavy atom. The van der Waals surface area contributed by atoms with Gasteiger partial charge in [0, 0.05) is 12.5 Å². The molecule has 1 aromatic carbocycles. The zero-order valence-corrected chi connectivity index (χ0v) is 10.0. The van der Waals surface area contributed by atoms with Crippen LogP contribution in [0.5, 0.6) is 5.75 Å². The minimum Gasteiger partial charge on any atom is -0.493 e. The fourth-order valence-corrected chi connectivity index (χ4v) is 1.80. The van der Waals surface area contributed by atoms with E-state index in [-0.39, 0.29) is 18.4 Å². The third-order valence-electron chi connectivity index (χ3n) is 2.82. The molecule has 0 aromatic heterocycles. The van der Waals surface area contributed by atoms with Crippen LogP contribution in [0.1, 0.15) is 31.0 Å². The van der Waals surface area contributed by atoms with Crippen LogP contribution in [-0.4, -0.2) is 6.61 Å². The molecule has 84 valence electrons. The molecule has 0 saturated heterocycles. The molecule has 0 amide bonds. The minimum absolute atomic E-state index is 0. The van der Waals surface area contributed by atoms with Gasteiger partial charge in [0.1, 0.15) is 5.75 Å². The van der Waals surface area contributed by atoms with Crippen molar-refractivity contribution in [2.45, 2.75) is 26.3 Å². The highest BCUT2D eigenvalue weighted by Crippen LogP contribution is 2.29. The Hall–Kier alpha value is -0.730. The maximum Gasteiger partial charge on any atom is 0.122 e. The maximum absolute atomic E-state index is 6.09. The summed E-state index contributed by atoms with van der Waals surface area (Å²) in [7, 11) is 0. The van der Waals surface area contributed by atoms with Crippen molar-refractivity contribution in [3.63, 3.8) is 0 Å². The fraction of sp³-hybridized carbons (Fsp3) is 0.500. The molecule has 1 aliphatic heterocycles. The van der Waals surface area contributed by atoms with Crippen molar-refractivity contribution >= 4 is 12.4 Å². The molecular weight excluding hydrogens is 210 g/mol. The zero-order valence-electron chi connectivity index (χ0n) is 9.19. The third kappa shape index (κ3) is 2.44. The molecule has 0 saturated carbocycles. The third-order valence-corrected chi connectivity index (χ3v) is 2.82. The molecule has 0 spiro atoms. The second-order valence-corrected chi connectivity index (χ2v) is 4.24. The Morgan fingerprint density at radius 3 is 2.73 bits per heavy atom. The lowest BCUT2D eigenvalue weighted by Crippen LogP contribution is -2.16. The Morgan fingerprint density at radius 1 is 1.33 bits per heavy atom. The molecule has 2 N–H and O–H groups in total. The first-order valence-corrected chi connectivity index (χ1v) is 5.19. The van der Waals surface area contributed by atoms with Crippen molar-refractivity contribution in [1.29, 1.82) is 0 Å². The average molecular weight is 228 g/mol. The van der Waals surface area contributed by atoms with Crippen molar-refractivity contribution in [2.75, 3.05) is 6.61 Å². The molecular formula is C12H18ClNO. The van der Waals surface area contributed by atoms with Crippen LogP contribution >= 0.6 is 12.4 Å². The van der Waals surface area contributed by atoms with Crippen molar-refractivity contribution in [1.82, 2.24) is 0 Å². The van der Waals surface area contributed by atoms with Gasteiger partial charge in [0.15, 0.2) is 0 Å². The molecule has 15 heavy (non-hydrogen) atoms. The second-order valence-electron chi connectivity index (χ2n) is 4.24. The van der Waals surface area contributed by atoms with Crippen LogP contribution in [0, 0.1) is 5.92 Å². The van der Waals surface area contributed by atoms with Gasteiger partial charge in [0.05, 0.1) is 6.61 Å². The van der Waals surface area contributed by atoms with E-state index in [2.05, 4.69) is 26.0 Å². The largest absolute Gasteiger partial charge is 0.493 e. The summed E-state index contributed by atoms with van der Waals surface area (Å²) in [6.45, 7) is 5.11. The Kier molecular flexibility index (Phi) is 4.00. The Bertz CT molecular complexity index is 338. The van der Waals surface area contributed by atoms with E-state index in [1.54, 1.807) is 0 Å². The quantitative estimate of drug-likeness (QED) is 0.843. The highest BCUT2D eigenvalue weighted by atomic mass is 35.5. The van der Waals surface area contributed by atoms with Gasteiger partial charge in [-0.05, 0) is 23.1 Å². The topological polar surface area (TPSA) is 35.2 Å². The fourth-order valence-electron chi connectivity index (χ4n) is 1.80. The highest BCUT2D eigenvalue weighted by molar-refractivity contribution is 5.85. The van der Waals surface area contributed by atoms with Crippen LogP contribution < -0.4 is 10.5 Å². The van der Waals surface area contributed by atoms with E-state index in [9.17, 15) is 0 Å². The zero-order chi connectivity index (χ0) is 10.1. The van der Waals surface area contributed by atoms with E-state index >= 15 is 0 Å². The monoisotopic (exact) mass is 227 g/mol. The first-order chi connectivity index (χ1) is 6.68. The van der Waals surface area contributed by atoms with Crippen molar-refractivity contribution in [3.05, 3.63) is 29.3 Å². The summed E-state index contributed by atoms with van der Waals surface area (Å²) in [5.74, 6) is 1.51. The summed E-state index contributed by atoms with van der Waals surface area (Å²) < 4.78 is 5.45. The molecule has 0 radical (unpaired) electrons. The average Bonchev–Trinajstić information content (AvgIpc) is 2.62. The van der Waals surface area contributed by atoms with E-state index in [1.807, 2.05) is 6.07 Å². The van der Waals surface area contributed by atoms with Gasteiger partial charge in [-0.25, -0.2) is 0 Å².